The highest BCUT2D eigenvalue weighted by Gasteiger charge is 2.42. The number of nitrogens with zero attached hydrogens (tertiary/aromatic N) is 5. The fraction of sp³-hybridized carbons (Fsp3) is 0.289. The molecule has 0 saturated carbocycles. The number of hydrogen-bond donors (Lipinski definition) is 1. The number of fused-ring (bicyclic) bond motifs is 6. The van der Waals surface area contributed by atoms with Crippen molar-refractivity contribution in [1.82, 2.24) is 14.8 Å². The van der Waals surface area contributed by atoms with Crippen molar-refractivity contribution in [3.05, 3.63) is 136 Å². The number of carbonyl (C=O) groups is 2. The number of anilines is 1. The third-order valence-corrected chi connectivity index (χ3v) is 11.4. The lowest BCUT2D eigenvalue weighted by Gasteiger charge is -2.40. The number of aromatic nitrogens is 1. The van der Waals surface area contributed by atoms with Crippen LogP contribution >= 0.6 is 0 Å². The zero-order valence-electron chi connectivity index (χ0n) is 32.1. The molecule has 1 aromatic heterocycles. The van der Waals surface area contributed by atoms with Gasteiger partial charge in [0.2, 0.25) is 0 Å². The Kier molecular flexibility index (Phi) is 9.49. The number of benzene rings is 4. The number of aliphatic hydroxyl groups is 1. The maximum atomic E-state index is 14.1. The topological polar surface area (TPSA) is 126 Å². The van der Waals surface area contributed by atoms with Crippen LogP contribution in [0.2, 0.25) is 0 Å². The van der Waals surface area contributed by atoms with Gasteiger partial charge in [-0.2, -0.15) is 0 Å². The standard InChI is InChI=1S/C45H43N5O7/c1-4-48-37-21-42(40(55-3)19-35(37)44(52)50-24-30-13-8-6-11-28(30)17-38(50)45(48)53)57-26-32-15-9-14-31(47-32)25-56-41-20-36-34(18-39(41)54-2)43(51)49-23-29-12-7-5-10-27(29)16-33(49)22-46-36/h5-15,18-22,33,38,45,53H,4,16-17,23-26H2,1-3H3/t33-,38?,45?/m0/s1. The van der Waals surface area contributed by atoms with Crippen molar-refractivity contribution in [3.63, 3.8) is 0 Å². The summed E-state index contributed by atoms with van der Waals surface area (Å²) in [5.41, 5.74) is 7.91. The highest BCUT2D eigenvalue weighted by atomic mass is 16.5. The Labute approximate surface area is 330 Å². The number of methoxy groups -OCH3 is 2. The molecule has 5 aromatic rings. The Morgan fingerprint density at radius 3 is 1.91 bits per heavy atom. The average molecular weight is 766 g/mol. The number of aliphatic imine (C=N–C) groups is 1. The van der Waals surface area contributed by atoms with Gasteiger partial charge >= 0.3 is 0 Å². The van der Waals surface area contributed by atoms with Gasteiger partial charge < -0.3 is 38.8 Å². The predicted molar refractivity (Wildman–Crippen MR) is 214 cm³/mol. The number of pyridine rings is 1. The lowest BCUT2D eigenvalue weighted by molar-refractivity contribution is 0.0313. The molecule has 290 valence electrons. The first-order chi connectivity index (χ1) is 27.8. The van der Waals surface area contributed by atoms with E-state index in [1.807, 2.05) is 71.5 Å². The van der Waals surface area contributed by atoms with Crippen LogP contribution in [0.15, 0.2) is 96.0 Å². The van der Waals surface area contributed by atoms with E-state index in [9.17, 15) is 14.7 Å². The largest absolute Gasteiger partial charge is 0.493 e. The number of hydrogen-bond acceptors (Lipinski definition) is 10. The van der Waals surface area contributed by atoms with Crippen LogP contribution in [0.4, 0.5) is 11.4 Å². The van der Waals surface area contributed by atoms with Crippen LogP contribution in [0.5, 0.6) is 23.0 Å². The number of carbonyl (C=O) groups excluding carboxylic acids is 2. The van der Waals surface area contributed by atoms with Crippen LogP contribution in [-0.2, 0) is 39.1 Å². The van der Waals surface area contributed by atoms with Gasteiger partial charge in [-0.25, -0.2) is 0 Å². The second-order valence-corrected chi connectivity index (χ2v) is 14.7. The van der Waals surface area contributed by atoms with Crippen LogP contribution in [-0.4, -0.2) is 77.0 Å². The highest BCUT2D eigenvalue weighted by Crippen LogP contribution is 2.42. The first kappa shape index (κ1) is 36.3. The number of likely N-dealkylation sites (N-methyl/N-ethyl adjacent to an activating group) is 1. The predicted octanol–water partition coefficient (Wildman–Crippen LogP) is 6.27. The van der Waals surface area contributed by atoms with Gasteiger partial charge in [0, 0.05) is 38.0 Å². The van der Waals surface area contributed by atoms with Crippen LogP contribution in [0, 0.1) is 0 Å². The fourth-order valence-electron chi connectivity index (χ4n) is 8.45. The van der Waals surface area contributed by atoms with Gasteiger partial charge in [-0.15, -0.1) is 0 Å². The van der Waals surface area contributed by atoms with Crippen molar-refractivity contribution in [3.8, 4) is 23.0 Å². The summed E-state index contributed by atoms with van der Waals surface area (Å²) in [7, 11) is 3.09. The molecule has 0 spiro atoms. The van der Waals surface area contributed by atoms with E-state index in [1.54, 1.807) is 43.4 Å². The minimum Gasteiger partial charge on any atom is -0.493 e. The first-order valence-corrected chi connectivity index (χ1v) is 19.2. The van der Waals surface area contributed by atoms with Crippen molar-refractivity contribution >= 4 is 29.4 Å². The third kappa shape index (κ3) is 6.59. The summed E-state index contributed by atoms with van der Waals surface area (Å²) in [6.07, 6.45) is 2.20. The molecule has 0 aliphatic carbocycles. The van der Waals surface area contributed by atoms with Crippen LogP contribution in [0.1, 0.15) is 61.3 Å². The SMILES string of the molecule is CCN1c2cc(OCc3cccc(COc4cc5c(cc4OC)C(=O)N4Cc6ccccc6C[C@H]4C=N5)n3)c(OC)cc2C(=O)N2Cc3ccccc3CC2C1O. The third-order valence-electron chi connectivity index (χ3n) is 11.4. The second-order valence-electron chi connectivity index (χ2n) is 14.7. The number of ether oxygens (including phenoxy) is 4. The maximum absolute atomic E-state index is 14.1. The fourth-order valence-corrected chi connectivity index (χ4v) is 8.45. The minimum absolute atomic E-state index is 0.0979. The molecule has 4 aliphatic heterocycles. The lowest BCUT2D eigenvalue weighted by Crippen LogP contribution is -2.54. The summed E-state index contributed by atoms with van der Waals surface area (Å²) < 4.78 is 24.0. The first-order valence-electron chi connectivity index (χ1n) is 19.2. The molecule has 2 unspecified atom stereocenters. The van der Waals surface area contributed by atoms with Crippen LogP contribution < -0.4 is 23.8 Å². The van der Waals surface area contributed by atoms with Gasteiger partial charge in [0.25, 0.3) is 11.8 Å². The molecular weight excluding hydrogens is 723 g/mol. The summed E-state index contributed by atoms with van der Waals surface area (Å²) in [5, 5.41) is 11.7. The summed E-state index contributed by atoms with van der Waals surface area (Å²) in [5.74, 6) is 1.43. The van der Waals surface area contributed by atoms with Crippen LogP contribution in [0.3, 0.4) is 0 Å². The Morgan fingerprint density at radius 1 is 0.684 bits per heavy atom. The molecule has 3 atom stereocenters. The van der Waals surface area contributed by atoms with Crippen molar-refractivity contribution in [2.75, 3.05) is 25.7 Å². The second kappa shape index (κ2) is 14.9. The summed E-state index contributed by atoms with van der Waals surface area (Å²) in [6.45, 7) is 3.61. The number of rotatable bonds is 9. The molecule has 9 rings (SSSR count). The summed E-state index contributed by atoms with van der Waals surface area (Å²) >= 11 is 0. The molecule has 0 fully saturated rings. The molecule has 57 heavy (non-hydrogen) atoms. The van der Waals surface area contributed by atoms with Crippen molar-refractivity contribution in [1.29, 1.82) is 0 Å². The van der Waals surface area contributed by atoms with Gasteiger partial charge in [-0.05, 0) is 66.3 Å². The van der Waals surface area contributed by atoms with Crippen molar-refractivity contribution in [2.24, 2.45) is 4.99 Å². The molecule has 2 amide bonds. The van der Waals surface area contributed by atoms with Gasteiger partial charge in [0.15, 0.2) is 23.0 Å². The van der Waals surface area contributed by atoms with E-state index in [-0.39, 0.29) is 31.1 Å². The molecule has 4 aromatic carbocycles. The lowest BCUT2D eigenvalue weighted by atomic mass is 9.92. The molecule has 12 heteroatoms. The Morgan fingerprint density at radius 2 is 1.26 bits per heavy atom. The van der Waals surface area contributed by atoms with Gasteiger partial charge in [-0.1, -0.05) is 54.6 Å². The molecule has 1 N–H and O–H groups in total. The highest BCUT2D eigenvalue weighted by molar-refractivity contribution is 6.04. The Bertz CT molecular complexity index is 2420. The molecule has 0 radical (unpaired) electrons. The summed E-state index contributed by atoms with van der Waals surface area (Å²) in [4.78, 5) is 43.0. The van der Waals surface area contributed by atoms with E-state index in [0.717, 1.165) is 16.7 Å². The summed E-state index contributed by atoms with van der Waals surface area (Å²) in [6, 6.07) is 28.2. The van der Waals surface area contributed by atoms with Crippen molar-refractivity contribution in [2.45, 2.75) is 64.4 Å². The van der Waals surface area contributed by atoms with E-state index < -0.39 is 12.3 Å². The normalized spacial score (nSPS) is 19.2. The average Bonchev–Trinajstić information content (AvgIpc) is 3.42. The maximum Gasteiger partial charge on any atom is 0.257 e. The number of amides is 2. The molecular formula is C45H43N5O7. The molecule has 4 aliphatic rings. The molecule has 5 heterocycles. The van der Waals surface area contributed by atoms with E-state index >= 15 is 0 Å². The van der Waals surface area contributed by atoms with E-state index in [4.69, 9.17) is 28.9 Å². The van der Waals surface area contributed by atoms with Gasteiger partial charge in [0.1, 0.15) is 19.4 Å². The minimum atomic E-state index is -0.918. The van der Waals surface area contributed by atoms with E-state index in [1.165, 1.54) is 5.56 Å². The molecule has 12 nitrogen and oxygen atoms in total. The zero-order valence-corrected chi connectivity index (χ0v) is 32.1. The van der Waals surface area contributed by atoms with Gasteiger partial charge in [0.05, 0.1) is 60.2 Å². The van der Waals surface area contributed by atoms with E-state index in [0.29, 0.717) is 89.4 Å². The monoisotopic (exact) mass is 765 g/mol. The van der Waals surface area contributed by atoms with E-state index in [2.05, 4.69) is 18.2 Å². The Balaban J connectivity index is 0.918. The quantitative estimate of drug-likeness (QED) is 0.185. The molecule has 0 saturated heterocycles. The number of aliphatic hydroxyl groups excluding tert-OH is 1. The smallest absolute Gasteiger partial charge is 0.257 e. The molecule has 0 bridgehead atoms. The Hall–Kier alpha value is -6.40. The van der Waals surface area contributed by atoms with Crippen molar-refractivity contribution < 1.29 is 33.6 Å². The van der Waals surface area contributed by atoms with Gasteiger partial charge in [-0.3, -0.25) is 19.6 Å². The zero-order chi connectivity index (χ0) is 39.2. The van der Waals surface area contributed by atoms with Crippen LogP contribution in [0.25, 0.3) is 0 Å².